The van der Waals surface area contributed by atoms with Gasteiger partial charge in [0.2, 0.25) is 0 Å². The van der Waals surface area contributed by atoms with Crippen molar-refractivity contribution in [3.05, 3.63) is 59.7 Å². The molecule has 22 heavy (non-hydrogen) atoms. The Labute approximate surface area is 133 Å². The van der Waals surface area contributed by atoms with E-state index in [1.807, 2.05) is 0 Å². The Morgan fingerprint density at radius 2 is 1.82 bits per heavy atom. The number of benzene rings is 2. The first-order valence-corrected chi connectivity index (χ1v) is 8.42. The number of anilines is 2. The van der Waals surface area contributed by atoms with Crippen LogP contribution in [-0.2, 0) is 13.0 Å². The molecule has 0 atom stereocenters. The van der Waals surface area contributed by atoms with Crippen LogP contribution in [0.1, 0.15) is 24.0 Å². The first kappa shape index (κ1) is 13.8. The van der Waals surface area contributed by atoms with Crippen LogP contribution in [0.15, 0.2) is 48.5 Å². The largest absolute Gasteiger partial charge is 0.345 e. The molecule has 4 rings (SSSR count). The van der Waals surface area contributed by atoms with Gasteiger partial charge in [0.15, 0.2) is 0 Å². The highest BCUT2D eigenvalue weighted by molar-refractivity contribution is 5.63. The summed E-state index contributed by atoms with van der Waals surface area (Å²) in [5.74, 6) is 0.983. The summed E-state index contributed by atoms with van der Waals surface area (Å²) in [6.45, 7) is 3.66. The van der Waals surface area contributed by atoms with Crippen molar-refractivity contribution in [2.75, 3.05) is 25.0 Å². The lowest BCUT2D eigenvalue weighted by Gasteiger charge is -2.30. The lowest BCUT2D eigenvalue weighted by molar-refractivity contribution is 0.244. The molecule has 0 unspecified atom stereocenters. The zero-order valence-electron chi connectivity index (χ0n) is 13.3. The number of hydrogen-bond donors (Lipinski definition) is 0. The molecule has 2 aromatic rings. The predicted molar refractivity (Wildman–Crippen MR) is 92.7 cm³/mol. The Morgan fingerprint density at radius 3 is 2.59 bits per heavy atom. The molecule has 0 amide bonds. The highest BCUT2D eigenvalue weighted by Gasteiger charge is 2.26. The minimum atomic E-state index is 0.983. The van der Waals surface area contributed by atoms with Gasteiger partial charge in [-0.3, -0.25) is 4.90 Å². The molecule has 2 nitrogen and oxygen atoms in total. The van der Waals surface area contributed by atoms with Crippen LogP contribution in [0.3, 0.4) is 0 Å². The normalized spacial score (nSPS) is 18.0. The van der Waals surface area contributed by atoms with E-state index in [0.717, 1.165) is 12.5 Å². The van der Waals surface area contributed by atoms with Crippen molar-refractivity contribution in [3.63, 3.8) is 0 Å². The summed E-state index contributed by atoms with van der Waals surface area (Å²) in [6.07, 6.45) is 4.09. The number of nitrogens with zero attached hydrogens (tertiary/aromatic N) is 2. The van der Waals surface area contributed by atoms with E-state index in [0.29, 0.717) is 0 Å². The van der Waals surface area contributed by atoms with Gasteiger partial charge in [0.25, 0.3) is 0 Å². The van der Waals surface area contributed by atoms with Gasteiger partial charge < -0.3 is 4.90 Å². The summed E-state index contributed by atoms with van der Waals surface area (Å²) in [5.41, 5.74) is 5.59. The Balaban J connectivity index is 1.55. The summed E-state index contributed by atoms with van der Waals surface area (Å²) < 4.78 is 0. The van der Waals surface area contributed by atoms with Gasteiger partial charge in [-0.2, -0.15) is 0 Å². The molecule has 1 saturated carbocycles. The smallest absolute Gasteiger partial charge is 0.0411 e. The maximum Gasteiger partial charge on any atom is 0.0411 e. The zero-order valence-corrected chi connectivity index (χ0v) is 13.3. The van der Waals surface area contributed by atoms with E-state index in [4.69, 9.17) is 0 Å². The molecule has 0 radical (unpaired) electrons. The summed E-state index contributed by atoms with van der Waals surface area (Å²) >= 11 is 0. The standard InChI is InChI=1S/C20H24N2/c1-21(19-5-3-2-4-6-19)20-10-9-17-11-12-22(14-16-7-8-16)15-18(17)13-20/h2-6,9-10,13,16H,7-8,11-12,14-15H2,1H3. The first-order valence-electron chi connectivity index (χ1n) is 8.42. The Hall–Kier alpha value is -1.80. The van der Waals surface area contributed by atoms with Crippen LogP contribution in [-0.4, -0.2) is 25.0 Å². The summed E-state index contributed by atoms with van der Waals surface area (Å²) in [4.78, 5) is 4.92. The van der Waals surface area contributed by atoms with Crippen LogP contribution in [0.4, 0.5) is 11.4 Å². The summed E-state index contributed by atoms with van der Waals surface area (Å²) in [5, 5.41) is 0. The minimum Gasteiger partial charge on any atom is -0.345 e. The lowest BCUT2D eigenvalue weighted by Crippen LogP contribution is -2.32. The van der Waals surface area contributed by atoms with Crippen LogP contribution in [0.2, 0.25) is 0 Å². The maximum atomic E-state index is 2.65. The third-order valence-corrected chi connectivity index (χ3v) is 5.03. The van der Waals surface area contributed by atoms with E-state index in [1.165, 1.54) is 54.9 Å². The van der Waals surface area contributed by atoms with Gasteiger partial charge in [0, 0.05) is 38.1 Å². The fourth-order valence-electron chi connectivity index (χ4n) is 3.43. The van der Waals surface area contributed by atoms with Gasteiger partial charge in [-0.05, 0) is 60.6 Å². The zero-order chi connectivity index (χ0) is 14.9. The van der Waals surface area contributed by atoms with Crippen LogP contribution < -0.4 is 4.90 Å². The highest BCUT2D eigenvalue weighted by atomic mass is 15.1. The van der Waals surface area contributed by atoms with Gasteiger partial charge in [-0.15, -0.1) is 0 Å². The third-order valence-electron chi connectivity index (χ3n) is 5.03. The first-order chi connectivity index (χ1) is 10.8. The van der Waals surface area contributed by atoms with Crippen molar-refractivity contribution in [3.8, 4) is 0 Å². The Morgan fingerprint density at radius 1 is 1.00 bits per heavy atom. The fourth-order valence-corrected chi connectivity index (χ4v) is 3.43. The van der Waals surface area contributed by atoms with E-state index in [2.05, 4.69) is 65.4 Å². The van der Waals surface area contributed by atoms with E-state index >= 15 is 0 Å². The second kappa shape index (κ2) is 5.77. The molecule has 0 saturated heterocycles. The molecule has 1 heterocycles. The minimum absolute atomic E-state index is 0.983. The fraction of sp³-hybridized carbons (Fsp3) is 0.400. The van der Waals surface area contributed by atoms with Crippen molar-refractivity contribution >= 4 is 11.4 Å². The monoisotopic (exact) mass is 292 g/mol. The van der Waals surface area contributed by atoms with Crippen molar-refractivity contribution < 1.29 is 0 Å². The predicted octanol–water partition coefficient (Wildman–Crippen LogP) is 4.22. The van der Waals surface area contributed by atoms with Crippen molar-refractivity contribution in [1.29, 1.82) is 0 Å². The van der Waals surface area contributed by atoms with Crippen LogP contribution in [0.5, 0.6) is 0 Å². The molecule has 114 valence electrons. The molecule has 2 aromatic carbocycles. The van der Waals surface area contributed by atoms with E-state index in [9.17, 15) is 0 Å². The van der Waals surface area contributed by atoms with Crippen LogP contribution in [0, 0.1) is 5.92 Å². The SMILES string of the molecule is CN(c1ccccc1)c1ccc2c(c1)CN(CC1CC1)CC2. The van der Waals surface area contributed by atoms with Crippen LogP contribution >= 0.6 is 0 Å². The average molecular weight is 292 g/mol. The second-order valence-corrected chi connectivity index (χ2v) is 6.78. The molecule has 1 fully saturated rings. The van der Waals surface area contributed by atoms with E-state index in [-0.39, 0.29) is 0 Å². The molecule has 1 aliphatic carbocycles. The Bertz CT molecular complexity index is 646. The number of rotatable bonds is 4. The Kier molecular flexibility index (Phi) is 3.63. The topological polar surface area (TPSA) is 6.48 Å². The van der Waals surface area contributed by atoms with Gasteiger partial charge in [-0.1, -0.05) is 24.3 Å². The molecule has 2 heteroatoms. The molecule has 2 aliphatic rings. The van der Waals surface area contributed by atoms with Crippen LogP contribution in [0.25, 0.3) is 0 Å². The van der Waals surface area contributed by atoms with Gasteiger partial charge >= 0.3 is 0 Å². The summed E-state index contributed by atoms with van der Waals surface area (Å²) in [6, 6.07) is 17.6. The average Bonchev–Trinajstić information content (AvgIpc) is 3.38. The number of hydrogen-bond acceptors (Lipinski definition) is 2. The molecule has 0 bridgehead atoms. The maximum absolute atomic E-state index is 2.65. The molecule has 1 aliphatic heterocycles. The van der Waals surface area contributed by atoms with E-state index in [1.54, 1.807) is 0 Å². The number of para-hydroxylation sites is 1. The van der Waals surface area contributed by atoms with Gasteiger partial charge in [0.1, 0.15) is 0 Å². The number of fused-ring (bicyclic) bond motifs is 1. The third kappa shape index (κ3) is 2.89. The molecular weight excluding hydrogens is 268 g/mol. The quantitative estimate of drug-likeness (QED) is 0.832. The molecule has 0 N–H and O–H groups in total. The molecule has 0 spiro atoms. The van der Waals surface area contributed by atoms with Crippen molar-refractivity contribution in [1.82, 2.24) is 4.90 Å². The molecular formula is C20H24N2. The van der Waals surface area contributed by atoms with Crippen molar-refractivity contribution in [2.45, 2.75) is 25.8 Å². The highest BCUT2D eigenvalue weighted by Crippen LogP contribution is 2.33. The lowest BCUT2D eigenvalue weighted by atomic mass is 9.98. The molecule has 0 aromatic heterocycles. The van der Waals surface area contributed by atoms with Crippen molar-refractivity contribution in [2.24, 2.45) is 5.92 Å². The van der Waals surface area contributed by atoms with Gasteiger partial charge in [-0.25, -0.2) is 0 Å². The summed E-state index contributed by atoms with van der Waals surface area (Å²) in [7, 11) is 2.15. The second-order valence-electron chi connectivity index (χ2n) is 6.78. The van der Waals surface area contributed by atoms with E-state index < -0.39 is 0 Å². The van der Waals surface area contributed by atoms with Gasteiger partial charge in [0.05, 0.1) is 0 Å².